The van der Waals surface area contributed by atoms with Crippen molar-refractivity contribution in [2.45, 2.75) is 25.7 Å². The Morgan fingerprint density at radius 3 is 2.57 bits per heavy atom. The fourth-order valence-corrected chi connectivity index (χ4v) is 4.26. The first kappa shape index (κ1) is 20.5. The number of carbonyl (C=O) groups is 2. The maximum atomic E-state index is 13.9. The molecule has 1 aliphatic carbocycles. The highest BCUT2D eigenvalue weighted by atomic mass is 19.1. The molecule has 8 heteroatoms. The van der Waals surface area contributed by atoms with Crippen molar-refractivity contribution in [1.29, 1.82) is 0 Å². The third-order valence-electron chi connectivity index (χ3n) is 6.05. The second-order valence-corrected chi connectivity index (χ2v) is 8.03. The van der Waals surface area contributed by atoms with E-state index in [1.54, 1.807) is 18.2 Å². The molecule has 0 radical (unpaired) electrons. The van der Waals surface area contributed by atoms with E-state index in [0.29, 0.717) is 23.7 Å². The molecule has 30 heavy (non-hydrogen) atoms. The summed E-state index contributed by atoms with van der Waals surface area (Å²) in [7, 11) is 0. The van der Waals surface area contributed by atoms with E-state index in [1.165, 1.54) is 36.0 Å². The van der Waals surface area contributed by atoms with Gasteiger partial charge in [0.2, 0.25) is 5.91 Å². The molecule has 1 saturated heterocycles. The summed E-state index contributed by atoms with van der Waals surface area (Å²) >= 11 is 0. The molecule has 1 aliphatic heterocycles. The van der Waals surface area contributed by atoms with Crippen LogP contribution in [-0.4, -0.2) is 70.7 Å². The van der Waals surface area contributed by atoms with Gasteiger partial charge in [-0.15, -0.1) is 0 Å². The zero-order valence-electron chi connectivity index (χ0n) is 17.1. The summed E-state index contributed by atoms with van der Waals surface area (Å²) < 4.78 is 15.2. The zero-order chi connectivity index (χ0) is 20.9. The standard InChI is InChI=1S/C22H28FN5O2/c23-19-7-3-4-8-20(19)28-16-18(15-25-28)21(29)24-9-10-26-11-13-27(14-12-26)22(30)17-5-1-2-6-17/h3-4,7-8,15-17H,1-2,5-6,9-14H2,(H,24,29). The summed E-state index contributed by atoms with van der Waals surface area (Å²) in [5, 5.41) is 6.99. The quantitative estimate of drug-likeness (QED) is 0.787. The minimum Gasteiger partial charge on any atom is -0.351 e. The third kappa shape index (κ3) is 4.70. The van der Waals surface area contributed by atoms with Crippen molar-refractivity contribution in [3.63, 3.8) is 0 Å². The molecule has 1 aromatic heterocycles. The molecule has 0 unspecified atom stereocenters. The first-order valence-electron chi connectivity index (χ1n) is 10.7. The molecule has 1 aromatic carbocycles. The van der Waals surface area contributed by atoms with Crippen molar-refractivity contribution in [2.75, 3.05) is 39.3 Å². The first-order valence-corrected chi connectivity index (χ1v) is 10.7. The van der Waals surface area contributed by atoms with E-state index in [-0.39, 0.29) is 11.8 Å². The van der Waals surface area contributed by atoms with E-state index in [0.717, 1.165) is 45.6 Å². The SMILES string of the molecule is O=C(NCCN1CCN(C(=O)C2CCCC2)CC1)c1cnn(-c2ccccc2F)c1. The number of hydrogen-bond acceptors (Lipinski definition) is 4. The van der Waals surface area contributed by atoms with Crippen molar-refractivity contribution in [1.82, 2.24) is 24.9 Å². The van der Waals surface area contributed by atoms with E-state index in [1.807, 2.05) is 4.90 Å². The lowest BCUT2D eigenvalue weighted by molar-refractivity contribution is -0.137. The number of halogens is 1. The topological polar surface area (TPSA) is 70.5 Å². The fraction of sp³-hybridized carbons (Fsp3) is 0.500. The molecule has 2 fully saturated rings. The number of hydrogen-bond donors (Lipinski definition) is 1. The molecule has 2 aromatic rings. The summed E-state index contributed by atoms with van der Waals surface area (Å²) in [6.45, 7) is 4.44. The number of rotatable bonds is 6. The molecule has 2 heterocycles. The van der Waals surface area contributed by atoms with E-state index in [2.05, 4.69) is 15.3 Å². The zero-order valence-corrected chi connectivity index (χ0v) is 17.1. The van der Waals surface area contributed by atoms with Gasteiger partial charge in [0.25, 0.3) is 5.91 Å². The highest BCUT2D eigenvalue weighted by molar-refractivity contribution is 5.93. The molecule has 1 N–H and O–H groups in total. The Labute approximate surface area is 175 Å². The Kier molecular flexibility index (Phi) is 6.42. The average Bonchev–Trinajstić information content (AvgIpc) is 3.46. The molecule has 0 bridgehead atoms. The Morgan fingerprint density at radius 2 is 1.83 bits per heavy atom. The van der Waals surface area contributed by atoms with Gasteiger partial charge < -0.3 is 10.2 Å². The van der Waals surface area contributed by atoms with Crippen LogP contribution in [0.1, 0.15) is 36.0 Å². The van der Waals surface area contributed by atoms with Gasteiger partial charge in [-0.05, 0) is 25.0 Å². The minimum absolute atomic E-state index is 0.229. The van der Waals surface area contributed by atoms with Crippen LogP contribution < -0.4 is 5.32 Å². The van der Waals surface area contributed by atoms with Crippen LogP contribution in [0.5, 0.6) is 0 Å². The van der Waals surface area contributed by atoms with Gasteiger partial charge in [0.15, 0.2) is 0 Å². The second-order valence-electron chi connectivity index (χ2n) is 8.03. The summed E-state index contributed by atoms with van der Waals surface area (Å²) in [5.41, 5.74) is 0.701. The molecule has 0 atom stereocenters. The molecule has 1 saturated carbocycles. The third-order valence-corrected chi connectivity index (χ3v) is 6.05. The number of piperazine rings is 1. The largest absolute Gasteiger partial charge is 0.351 e. The van der Waals surface area contributed by atoms with E-state index < -0.39 is 5.82 Å². The summed E-state index contributed by atoms with van der Waals surface area (Å²) in [6, 6.07) is 6.31. The molecule has 2 amide bonds. The molecule has 4 rings (SSSR count). The van der Waals surface area contributed by atoms with Gasteiger partial charge in [0.05, 0.1) is 11.8 Å². The van der Waals surface area contributed by atoms with Gasteiger partial charge in [-0.3, -0.25) is 14.5 Å². The molecule has 0 spiro atoms. The average molecular weight is 413 g/mol. The van der Waals surface area contributed by atoms with E-state index in [9.17, 15) is 14.0 Å². The van der Waals surface area contributed by atoms with Crippen LogP contribution in [0.4, 0.5) is 4.39 Å². The summed E-state index contributed by atoms with van der Waals surface area (Å²) in [4.78, 5) is 29.2. The second kappa shape index (κ2) is 9.38. The van der Waals surface area contributed by atoms with Gasteiger partial charge in [-0.25, -0.2) is 9.07 Å². The first-order chi connectivity index (χ1) is 14.6. The Balaban J connectivity index is 1.20. The highest BCUT2D eigenvalue weighted by Gasteiger charge is 2.29. The van der Waals surface area contributed by atoms with Crippen molar-refractivity contribution >= 4 is 11.8 Å². The molecular weight excluding hydrogens is 385 g/mol. The van der Waals surface area contributed by atoms with Crippen LogP contribution in [0.2, 0.25) is 0 Å². The maximum Gasteiger partial charge on any atom is 0.254 e. The Bertz CT molecular complexity index is 885. The Morgan fingerprint density at radius 1 is 1.10 bits per heavy atom. The smallest absolute Gasteiger partial charge is 0.254 e. The van der Waals surface area contributed by atoms with Crippen molar-refractivity contribution in [2.24, 2.45) is 5.92 Å². The lowest BCUT2D eigenvalue weighted by Gasteiger charge is -2.36. The predicted octanol–water partition coefficient (Wildman–Crippen LogP) is 2.08. The van der Waals surface area contributed by atoms with Crippen LogP contribution in [0.15, 0.2) is 36.7 Å². The molecule has 160 valence electrons. The number of amides is 2. The molecule has 2 aliphatic rings. The lowest BCUT2D eigenvalue weighted by atomic mass is 10.1. The minimum atomic E-state index is -0.391. The number of nitrogens with one attached hydrogen (secondary N) is 1. The van der Waals surface area contributed by atoms with Gasteiger partial charge in [0, 0.05) is 51.4 Å². The van der Waals surface area contributed by atoms with E-state index in [4.69, 9.17) is 0 Å². The van der Waals surface area contributed by atoms with Crippen molar-refractivity contribution < 1.29 is 14.0 Å². The van der Waals surface area contributed by atoms with Crippen LogP contribution >= 0.6 is 0 Å². The monoisotopic (exact) mass is 413 g/mol. The Hall–Kier alpha value is -2.74. The number of para-hydroxylation sites is 1. The number of benzene rings is 1. The fourth-order valence-electron chi connectivity index (χ4n) is 4.26. The van der Waals surface area contributed by atoms with Crippen LogP contribution in [-0.2, 0) is 4.79 Å². The number of nitrogens with zero attached hydrogens (tertiary/aromatic N) is 4. The van der Waals surface area contributed by atoms with Crippen LogP contribution in [0.3, 0.4) is 0 Å². The van der Waals surface area contributed by atoms with Gasteiger partial charge >= 0.3 is 0 Å². The molecular formula is C22H28FN5O2. The highest BCUT2D eigenvalue weighted by Crippen LogP contribution is 2.26. The number of carbonyl (C=O) groups excluding carboxylic acids is 2. The lowest BCUT2D eigenvalue weighted by Crippen LogP contribution is -2.51. The summed E-state index contributed by atoms with van der Waals surface area (Å²) in [5.74, 6) is -0.0563. The van der Waals surface area contributed by atoms with E-state index >= 15 is 0 Å². The van der Waals surface area contributed by atoms with Crippen molar-refractivity contribution in [3.8, 4) is 5.69 Å². The predicted molar refractivity (Wildman–Crippen MR) is 111 cm³/mol. The summed E-state index contributed by atoms with van der Waals surface area (Å²) in [6.07, 6.45) is 7.40. The van der Waals surface area contributed by atoms with Crippen LogP contribution in [0.25, 0.3) is 5.69 Å². The van der Waals surface area contributed by atoms with Crippen molar-refractivity contribution in [3.05, 3.63) is 48.0 Å². The number of aromatic nitrogens is 2. The van der Waals surface area contributed by atoms with Gasteiger partial charge in [0.1, 0.15) is 11.5 Å². The van der Waals surface area contributed by atoms with Gasteiger partial charge in [-0.1, -0.05) is 25.0 Å². The maximum absolute atomic E-state index is 13.9. The normalized spacial score (nSPS) is 18.0. The van der Waals surface area contributed by atoms with Gasteiger partial charge in [-0.2, -0.15) is 5.10 Å². The molecule has 7 nitrogen and oxygen atoms in total. The van der Waals surface area contributed by atoms with Crippen LogP contribution in [0, 0.1) is 11.7 Å².